The van der Waals surface area contributed by atoms with Crippen molar-refractivity contribution in [3.63, 3.8) is 0 Å². The fourth-order valence-electron chi connectivity index (χ4n) is 0.532. The molecule has 0 radical (unpaired) electrons. The monoisotopic (exact) mass is 267 g/mol. The molecule has 1 N–H and O–H groups in total. The van der Waals surface area contributed by atoms with Crippen molar-refractivity contribution in [3.05, 3.63) is 24.0 Å². The van der Waals surface area contributed by atoms with Crippen LogP contribution in [0.1, 0.15) is 5.69 Å². The third kappa shape index (κ3) is 2.27. The summed E-state index contributed by atoms with van der Waals surface area (Å²) in [5, 5.41) is 9.61. The summed E-state index contributed by atoms with van der Waals surface area (Å²) >= 11 is 3.19. The lowest BCUT2D eigenvalue weighted by atomic mass is 10.3. The van der Waals surface area contributed by atoms with Gasteiger partial charge in [-0.3, -0.25) is 4.98 Å². The first-order chi connectivity index (χ1) is 4.34. The number of aromatic nitrogens is 1. The minimum absolute atomic E-state index is 0. The Balaban J connectivity index is 0.000000810. The lowest BCUT2D eigenvalue weighted by Gasteiger charge is -1.94. The first-order valence-corrected chi connectivity index (χ1v) is 3.65. The van der Waals surface area contributed by atoms with Crippen LogP contribution < -0.4 is 0 Å². The molecule has 0 amide bonds. The van der Waals surface area contributed by atoms with Crippen LogP contribution in [0.4, 0.5) is 0 Å². The van der Waals surface area contributed by atoms with Gasteiger partial charge in [0.1, 0.15) is 5.75 Å². The van der Waals surface area contributed by atoms with Crippen LogP contribution in [0.3, 0.4) is 0 Å². The van der Waals surface area contributed by atoms with E-state index in [0.717, 1.165) is 0 Å². The van der Waals surface area contributed by atoms with Gasteiger partial charge in [-0.05, 0) is 12.1 Å². The molecule has 0 atom stereocenters. The predicted octanol–water partition coefficient (Wildman–Crippen LogP) is 2.26. The molecule has 0 aliphatic carbocycles. The fourth-order valence-corrected chi connectivity index (χ4v) is 0.965. The normalized spacial score (nSPS) is 8.50. The zero-order valence-electron chi connectivity index (χ0n) is 5.12. The second-order valence-electron chi connectivity index (χ2n) is 1.60. The van der Waals surface area contributed by atoms with Gasteiger partial charge in [0.15, 0.2) is 0 Å². The van der Waals surface area contributed by atoms with Crippen LogP contribution in [0, 0.1) is 0 Å². The molecule has 0 aromatic carbocycles. The van der Waals surface area contributed by atoms with Crippen LogP contribution in [-0.2, 0) is 5.33 Å². The fraction of sp³-hybridized carbons (Fsp3) is 0.167. The Labute approximate surface area is 78.2 Å². The molecule has 56 valence electrons. The van der Waals surface area contributed by atoms with Crippen LogP contribution in [0.5, 0.6) is 5.75 Å². The third-order valence-electron chi connectivity index (χ3n) is 0.993. The molecule has 2 nitrogen and oxygen atoms in total. The molecule has 1 heterocycles. The number of hydrogen-bond acceptors (Lipinski definition) is 2. The minimum atomic E-state index is 0. The molecule has 0 aliphatic rings. The maximum absolute atomic E-state index is 9.02. The summed E-state index contributed by atoms with van der Waals surface area (Å²) in [4.78, 5) is 3.90. The molecule has 0 saturated carbocycles. The smallest absolute Gasteiger partial charge is 0.137 e. The van der Waals surface area contributed by atoms with Crippen LogP contribution in [0.15, 0.2) is 18.3 Å². The van der Waals surface area contributed by atoms with Crippen LogP contribution in [0.25, 0.3) is 0 Å². The highest BCUT2D eigenvalue weighted by atomic mass is 79.9. The van der Waals surface area contributed by atoms with Gasteiger partial charge in [0.25, 0.3) is 0 Å². The Kier molecular flexibility index (Phi) is 4.64. The van der Waals surface area contributed by atoms with E-state index in [2.05, 4.69) is 20.9 Å². The van der Waals surface area contributed by atoms with Gasteiger partial charge in [0, 0.05) is 11.5 Å². The third-order valence-corrected chi connectivity index (χ3v) is 1.52. The topological polar surface area (TPSA) is 33.1 Å². The van der Waals surface area contributed by atoms with E-state index in [9.17, 15) is 0 Å². The lowest BCUT2D eigenvalue weighted by Crippen LogP contribution is -1.82. The summed E-state index contributed by atoms with van der Waals surface area (Å²) in [5.41, 5.74) is 0.678. The molecule has 1 rings (SSSR count). The molecule has 0 aliphatic heterocycles. The minimum Gasteiger partial charge on any atom is -0.506 e. The number of aromatic hydroxyl groups is 1. The van der Waals surface area contributed by atoms with E-state index in [1.54, 1.807) is 18.3 Å². The Morgan fingerprint density at radius 1 is 1.60 bits per heavy atom. The SMILES string of the molecule is Br.Oc1cccnc1CBr. The van der Waals surface area contributed by atoms with E-state index in [-0.39, 0.29) is 22.7 Å². The van der Waals surface area contributed by atoms with Gasteiger partial charge < -0.3 is 5.11 Å². The predicted molar refractivity (Wildman–Crippen MR) is 48.9 cm³/mol. The van der Waals surface area contributed by atoms with E-state index in [1.165, 1.54) is 0 Å². The second kappa shape index (κ2) is 4.68. The molecule has 0 saturated heterocycles. The molecule has 1 aromatic heterocycles. The Morgan fingerprint density at radius 3 is 2.70 bits per heavy atom. The highest BCUT2D eigenvalue weighted by Gasteiger charge is 1.95. The van der Waals surface area contributed by atoms with Crippen molar-refractivity contribution >= 4 is 32.9 Å². The molecular weight excluding hydrogens is 262 g/mol. The Hall–Kier alpha value is -0.0900. The number of pyridine rings is 1. The molecular formula is C6H7Br2NO. The number of nitrogens with zero attached hydrogens (tertiary/aromatic N) is 1. The van der Waals surface area contributed by atoms with E-state index < -0.39 is 0 Å². The largest absolute Gasteiger partial charge is 0.506 e. The van der Waals surface area contributed by atoms with Gasteiger partial charge in [-0.15, -0.1) is 17.0 Å². The van der Waals surface area contributed by atoms with E-state index >= 15 is 0 Å². The molecule has 1 aromatic rings. The van der Waals surface area contributed by atoms with Gasteiger partial charge in [-0.1, -0.05) is 15.9 Å². The quantitative estimate of drug-likeness (QED) is 0.793. The maximum Gasteiger partial charge on any atom is 0.137 e. The van der Waals surface area contributed by atoms with Gasteiger partial charge in [-0.2, -0.15) is 0 Å². The molecule has 0 spiro atoms. The van der Waals surface area contributed by atoms with Crippen molar-refractivity contribution in [3.8, 4) is 5.75 Å². The Morgan fingerprint density at radius 2 is 2.30 bits per heavy atom. The molecule has 10 heavy (non-hydrogen) atoms. The molecule has 0 fully saturated rings. The highest BCUT2D eigenvalue weighted by Crippen LogP contribution is 2.14. The van der Waals surface area contributed by atoms with Crippen LogP contribution >= 0.6 is 32.9 Å². The van der Waals surface area contributed by atoms with Gasteiger partial charge >= 0.3 is 0 Å². The van der Waals surface area contributed by atoms with Gasteiger partial charge in [0.05, 0.1) is 5.69 Å². The van der Waals surface area contributed by atoms with Crippen LogP contribution in [0.2, 0.25) is 0 Å². The van der Waals surface area contributed by atoms with Crippen LogP contribution in [-0.4, -0.2) is 10.1 Å². The first-order valence-electron chi connectivity index (χ1n) is 2.53. The van der Waals surface area contributed by atoms with Crippen molar-refractivity contribution in [2.24, 2.45) is 0 Å². The molecule has 0 unspecified atom stereocenters. The number of rotatable bonds is 1. The van der Waals surface area contributed by atoms with Gasteiger partial charge in [-0.25, -0.2) is 0 Å². The Bertz CT molecular complexity index is 205. The summed E-state index contributed by atoms with van der Waals surface area (Å²) in [6.45, 7) is 0. The van der Waals surface area contributed by atoms with E-state index in [4.69, 9.17) is 5.11 Å². The number of hydrogen-bond donors (Lipinski definition) is 1. The first kappa shape index (κ1) is 9.91. The standard InChI is InChI=1S/C6H6BrNO.BrH/c7-4-5-6(9)2-1-3-8-5;/h1-3,9H,4H2;1H. The average Bonchev–Trinajstić information content (AvgIpc) is 1.89. The summed E-state index contributed by atoms with van der Waals surface area (Å²) in [6, 6.07) is 3.31. The summed E-state index contributed by atoms with van der Waals surface area (Å²) in [6.07, 6.45) is 1.65. The van der Waals surface area contributed by atoms with Gasteiger partial charge in [0.2, 0.25) is 0 Å². The van der Waals surface area contributed by atoms with E-state index in [1.807, 2.05) is 0 Å². The zero-order chi connectivity index (χ0) is 6.69. The average molecular weight is 269 g/mol. The van der Waals surface area contributed by atoms with Crippen molar-refractivity contribution in [2.75, 3.05) is 0 Å². The lowest BCUT2D eigenvalue weighted by molar-refractivity contribution is 0.467. The van der Waals surface area contributed by atoms with Crippen molar-refractivity contribution in [1.82, 2.24) is 4.98 Å². The summed E-state index contributed by atoms with van der Waals surface area (Å²) in [5.74, 6) is 0.245. The van der Waals surface area contributed by atoms with E-state index in [0.29, 0.717) is 11.0 Å². The number of alkyl halides is 1. The van der Waals surface area contributed by atoms with Crippen molar-refractivity contribution < 1.29 is 5.11 Å². The van der Waals surface area contributed by atoms with Crippen molar-refractivity contribution in [1.29, 1.82) is 0 Å². The maximum atomic E-state index is 9.02. The van der Waals surface area contributed by atoms with Crippen molar-refractivity contribution in [2.45, 2.75) is 5.33 Å². The highest BCUT2D eigenvalue weighted by molar-refractivity contribution is 9.08. The summed E-state index contributed by atoms with van der Waals surface area (Å²) < 4.78 is 0. The molecule has 0 bridgehead atoms. The molecule has 4 heteroatoms. The second-order valence-corrected chi connectivity index (χ2v) is 2.16. The number of halogens is 2. The zero-order valence-corrected chi connectivity index (χ0v) is 8.42. The summed E-state index contributed by atoms with van der Waals surface area (Å²) in [7, 11) is 0.